The van der Waals surface area contributed by atoms with Crippen LogP contribution in [0.15, 0.2) is 53.7 Å². The van der Waals surface area contributed by atoms with Crippen LogP contribution in [-0.4, -0.2) is 56.0 Å². The molecule has 1 amide bonds. The van der Waals surface area contributed by atoms with E-state index in [1.165, 1.54) is 0 Å². The molecule has 0 spiro atoms. The van der Waals surface area contributed by atoms with Gasteiger partial charge in [-0.05, 0) is 37.6 Å². The van der Waals surface area contributed by atoms with Gasteiger partial charge in [0.1, 0.15) is 6.61 Å². The summed E-state index contributed by atoms with van der Waals surface area (Å²) in [6, 6.07) is 15.4. The molecule has 0 bridgehead atoms. The zero-order valence-corrected chi connectivity index (χ0v) is 17.6. The lowest BCUT2D eigenvalue weighted by atomic mass is 10.2. The molecule has 0 aromatic heterocycles. The molecule has 7 heteroatoms. The molecular weight excluding hydrogens is 384 g/mol. The highest BCUT2D eigenvalue weighted by Crippen LogP contribution is 2.28. The molecule has 0 radical (unpaired) electrons. The Labute approximate surface area is 177 Å². The van der Waals surface area contributed by atoms with Crippen molar-refractivity contribution in [2.75, 3.05) is 26.8 Å². The van der Waals surface area contributed by atoms with Gasteiger partial charge in [0.15, 0.2) is 18.1 Å². The Bertz CT molecular complexity index is 846. The number of amides is 1. The summed E-state index contributed by atoms with van der Waals surface area (Å²) < 4.78 is 16.9. The van der Waals surface area contributed by atoms with Crippen molar-refractivity contribution in [1.29, 1.82) is 0 Å². The molecule has 1 aliphatic heterocycles. The van der Waals surface area contributed by atoms with Crippen molar-refractivity contribution in [3.8, 4) is 11.5 Å². The molecule has 0 unspecified atom stereocenters. The maximum atomic E-state index is 12.3. The van der Waals surface area contributed by atoms with Gasteiger partial charge in [-0.15, -0.1) is 0 Å². The summed E-state index contributed by atoms with van der Waals surface area (Å²) in [6.45, 7) is 5.36. The average molecular weight is 412 g/mol. The fraction of sp³-hybridized carbons (Fsp3) is 0.391. The van der Waals surface area contributed by atoms with Crippen molar-refractivity contribution in [1.82, 2.24) is 4.90 Å². The molecule has 3 rings (SSSR count). The Kier molecular flexibility index (Phi) is 7.68. The lowest BCUT2D eigenvalue weighted by Gasteiger charge is -2.34. The quantitative estimate of drug-likeness (QED) is 0.492. The first kappa shape index (κ1) is 21.6. The van der Waals surface area contributed by atoms with Crippen LogP contribution in [0.4, 0.5) is 0 Å². The summed E-state index contributed by atoms with van der Waals surface area (Å²) in [5.74, 6) is 1.14. The van der Waals surface area contributed by atoms with E-state index >= 15 is 0 Å². The SMILES string of the molecule is COc1ccc(/C=N\OCC(=O)N2C[C@@H](C)O[C@H](C)C2)cc1OCc1ccccc1. The number of nitrogens with zero attached hydrogens (tertiary/aromatic N) is 2. The van der Waals surface area contributed by atoms with E-state index < -0.39 is 0 Å². The highest BCUT2D eigenvalue weighted by molar-refractivity contribution is 5.81. The Hall–Kier alpha value is -3.06. The van der Waals surface area contributed by atoms with Crippen molar-refractivity contribution in [3.05, 3.63) is 59.7 Å². The van der Waals surface area contributed by atoms with Gasteiger partial charge in [0, 0.05) is 18.7 Å². The first-order valence-electron chi connectivity index (χ1n) is 9.98. The van der Waals surface area contributed by atoms with Gasteiger partial charge in [-0.25, -0.2) is 0 Å². The monoisotopic (exact) mass is 412 g/mol. The fourth-order valence-electron chi connectivity index (χ4n) is 3.29. The predicted molar refractivity (Wildman–Crippen MR) is 114 cm³/mol. The largest absolute Gasteiger partial charge is 0.493 e. The van der Waals surface area contributed by atoms with Crippen LogP contribution in [-0.2, 0) is 21.0 Å². The van der Waals surface area contributed by atoms with Crippen molar-refractivity contribution in [3.63, 3.8) is 0 Å². The molecular formula is C23H28N2O5. The third-order valence-corrected chi connectivity index (χ3v) is 4.66. The summed E-state index contributed by atoms with van der Waals surface area (Å²) in [5.41, 5.74) is 1.84. The van der Waals surface area contributed by atoms with Gasteiger partial charge in [-0.3, -0.25) is 4.79 Å². The second kappa shape index (κ2) is 10.6. The first-order valence-corrected chi connectivity index (χ1v) is 9.98. The second-order valence-corrected chi connectivity index (χ2v) is 7.25. The standard InChI is InChI=1S/C23H28N2O5/c1-17-13-25(14-18(2)30-17)23(26)16-29-24-12-20-9-10-21(27-3)22(11-20)28-15-19-7-5-4-6-8-19/h4-12,17-18H,13-16H2,1-3H3/b24-12-/t17-,18-/m1/s1. The normalized spacial score (nSPS) is 19.0. The van der Waals surface area contributed by atoms with E-state index in [-0.39, 0.29) is 24.7 Å². The molecule has 1 fully saturated rings. The van der Waals surface area contributed by atoms with E-state index in [2.05, 4.69) is 5.16 Å². The second-order valence-electron chi connectivity index (χ2n) is 7.25. The van der Waals surface area contributed by atoms with Crippen molar-refractivity contribution in [2.24, 2.45) is 5.16 Å². The Morgan fingerprint density at radius 1 is 1.13 bits per heavy atom. The number of carbonyl (C=O) groups excluding carboxylic acids is 1. The van der Waals surface area contributed by atoms with Crippen LogP contribution >= 0.6 is 0 Å². The minimum atomic E-state index is -0.108. The fourth-order valence-corrected chi connectivity index (χ4v) is 3.29. The molecule has 160 valence electrons. The Morgan fingerprint density at radius 3 is 2.57 bits per heavy atom. The van der Waals surface area contributed by atoms with Crippen LogP contribution in [0.1, 0.15) is 25.0 Å². The Morgan fingerprint density at radius 2 is 1.87 bits per heavy atom. The van der Waals surface area contributed by atoms with Crippen LogP contribution in [0.2, 0.25) is 0 Å². The lowest BCUT2D eigenvalue weighted by molar-refractivity contribution is -0.147. The number of morpholine rings is 1. The zero-order valence-electron chi connectivity index (χ0n) is 17.6. The van der Waals surface area contributed by atoms with E-state index in [0.717, 1.165) is 11.1 Å². The number of oxime groups is 1. The first-order chi connectivity index (χ1) is 14.5. The third kappa shape index (κ3) is 6.22. The summed E-state index contributed by atoms with van der Waals surface area (Å²) in [5, 5.41) is 3.93. The van der Waals surface area contributed by atoms with E-state index in [4.69, 9.17) is 19.0 Å². The molecule has 2 aromatic carbocycles. The number of ether oxygens (including phenoxy) is 3. The average Bonchev–Trinajstić information content (AvgIpc) is 2.75. The maximum Gasteiger partial charge on any atom is 0.263 e. The number of hydrogen-bond donors (Lipinski definition) is 0. The molecule has 0 saturated carbocycles. The molecule has 2 aromatic rings. The van der Waals surface area contributed by atoms with Crippen LogP contribution < -0.4 is 9.47 Å². The van der Waals surface area contributed by atoms with Crippen molar-refractivity contribution >= 4 is 12.1 Å². The van der Waals surface area contributed by atoms with Gasteiger partial charge in [0.2, 0.25) is 0 Å². The summed E-state index contributed by atoms with van der Waals surface area (Å²) in [4.78, 5) is 19.3. The van der Waals surface area contributed by atoms with Crippen LogP contribution in [0.5, 0.6) is 11.5 Å². The predicted octanol–water partition coefficient (Wildman–Crippen LogP) is 3.26. The topological polar surface area (TPSA) is 69.6 Å². The maximum absolute atomic E-state index is 12.3. The molecule has 0 N–H and O–H groups in total. The number of benzene rings is 2. The summed E-state index contributed by atoms with van der Waals surface area (Å²) in [6.07, 6.45) is 1.59. The van der Waals surface area contributed by atoms with E-state index in [1.54, 1.807) is 18.2 Å². The van der Waals surface area contributed by atoms with Crippen molar-refractivity contribution < 1.29 is 23.8 Å². The van der Waals surface area contributed by atoms with Crippen molar-refractivity contribution in [2.45, 2.75) is 32.7 Å². The van der Waals surface area contributed by atoms with Gasteiger partial charge in [-0.1, -0.05) is 35.5 Å². The minimum Gasteiger partial charge on any atom is -0.493 e. The highest BCUT2D eigenvalue weighted by atomic mass is 16.6. The third-order valence-electron chi connectivity index (χ3n) is 4.66. The summed E-state index contributed by atoms with van der Waals surface area (Å²) >= 11 is 0. The highest BCUT2D eigenvalue weighted by Gasteiger charge is 2.25. The molecule has 1 heterocycles. The lowest BCUT2D eigenvalue weighted by Crippen LogP contribution is -2.49. The number of carbonyl (C=O) groups is 1. The van der Waals surface area contributed by atoms with E-state index in [9.17, 15) is 4.79 Å². The zero-order chi connectivity index (χ0) is 21.3. The molecule has 1 saturated heterocycles. The molecule has 0 aliphatic carbocycles. The van der Waals surface area contributed by atoms with Gasteiger partial charge in [0.05, 0.1) is 25.5 Å². The van der Waals surface area contributed by atoms with E-state index in [0.29, 0.717) is 31.2 Å². The van der Waals surface area contributed by atoms with Gasteiger partial charge < -0.3 is 23.9 Å². The van der Waals surface area contributed by atoms with E-state index in [1.807, 2.05) is 62.4 Å². The molecule has 30 heavy (non-hydrogen) atoms. The molecule has 1 aliphatic rings. The van der Waals surface area contributed by atoms with Crippen LogP contribution in [0.3, 0.4) is 0 Å². The van der Waals surface area contributed by atoms with Crippen LogP contribution in [0, 0.1) is 0 Å². The number of hydrogen-bond acceptors (Lipinski definition) is 6. The number of methoxy groups -OCH3 is 1. The minimum absolute atomic E-state index is 0.0230. The van der Waals surface area contributed by atoms with Gasteiger partial charge in [-0.2, -0.15) is 0 Å². The smallest absolute Gasteiger partial charge is 0.263 e. The Balaban J connectivity index is 1.54. The molecule has 2 atom stereocenters. The summed E-state index contributed by atoms with van der Waals surface area (Å²) in [7, 11) is 1.60. The number of rotatable bonds is 8. The van der Waals surface area contributed by atoms with Gasteiger partial charge >= 0.3 is 0 Å². The van der Waals surface area contributed by atoms with Crippen LogP contribution in [0.25, 0.3) is 0 Å². The van der Waals surface area contributed by atoms with Gasteiger partial charge in [0.25, 0.3) is 5.91 Å². The molecule has 7 nitrogen and oxygen atoms in total.